The van der Waals surface area contributed by atoms with Gasteiger partial charge in [0.2, 0.25) is 0 Å². The van der Waals surface area contributed by atoms with Gasteiger partial charge in [-0.05, 0) is 32.6 Å². The lowest BCUT2D eigenvalue weighted by molar-refractivity contribution is 0.402. The predicted octanol–water partition coefficient (Wildman–Crippen LogP) is 2.71. The molecule has 0 aromatic heterocycles. The van der Waals surface area contributed by atoms with Crippen molar-refractivity contribution in [2.75, 3.05) is 0 Å². The van der Waals surface area contributed by atoms with Crippen LogP contribution in [0.25, 0.3) is 0 Å². The lowest BCUT2D eigenvalue weighted by atomic mass is 9.84. The van der Waals surface area contributed by atoms with E-state index in [1.165, 1.54) is 32.1 Å². The summed E-state index contributed by atoms with van der Waals surface area (Å²) in [5, 5.41) is 0. The van der Waals surface area contributed by atoms with Gasteiger partial charge in [-0.1, -0.05) is 30.9 Å². The summed E-state index contributed by atoms with van der Waals surface area (Å²) >= 11 is 0. The molecule has 1 heteroatoms. The Morgan fingerprint density at radius 2 is 1.73 bits per heavy atom. The molecule has 0 heterocycles. The van der Waals surface area contributed by atoms with Crippen molar-refractivity contribution < 1.29 is 5.48 Å². The molecule has 66 valence electrons. The summed E-state index contributed by atoms with van der Waals surface area (Å²) in [6, 6.07) is 0. The molecule has 0 bridgehead atoms. The van der Waals surface area contributed by atoms with Gasteiger partial charge in [0.1, 0.15) is 0 Å². The van der Waals surface area contributed by atoms with Crippen molar-refractivity contribution in [3.05, 3.63) is 11.6 Å². The normalized spacial score (nSPS) is 21.1. The Kier molecular flexibility index (Phi) is 5.22. The molecule has 2 N–H and O–H groups in total. The number of hydrogen-bond donors (Lipinski definition) is 0. The zero-order valence-corrected chi connectivity index (χ0v) is 7.69. The van der Waals surface area contributed by atoms with Crippen LogP contribution in [-0.2, 0) is 0 Å². The molecular formula is C10H20O. The van der Waals surface area contributed by atoms with Gasteiger partial charge in [0.15, 0.2) is 0 Å². The van der Waals surface area contributed by atoms with Crippen LogP contribution >= 0.6 is 0 Å². The molecule has 0 atom stereocenters. The molecule has 0 saturated heterocycles. The van der Waals surface area contributed by atoms with E-state index in [2.05, 4.69) is 19.9 Å². The van der Waals surface area contributed by atoms with Gasteiger partial charge in [-0.15, -0.1) is 0 Å². The van der Waals surface area contributed by atoms with E-state index < -0.39 is 0 Å². The molecule has 0 aromatic rings. The van der Waals surface area contributed by atoms with Crippen LogP contribution in [0.1, 0.15) is 46.0 Å². The number of rotatable bonds is 1. The van der Waals surface area contributed by atoms with Crippen molar-refractivity contribution in [3.8, 4) is 0 Å². The molecule has 0 unspecified atom stereocenters. The summed E-state index contributed by atoms with van der Waals surface area (Å²) in [4.78, 5) is 0. The monoisotopic (exact) mass is 156 g/mol. The smallest absolute Gasteiger partial charge is 0.0206 e. The molecule has 0 radical (unpaired) electrons. The van der Waals surface area contributed by atoms with Gasteiger partial charge in [0.05, 0.1) is 0 Å². The zero-order valence-electron chi connectivity index (χ0n) is 7.69. The Labute approximate surface area is 69.8 Å². The van der Waals surface area contributed by atoms with E-state index in [4.69, 9.17) is 0 Å². The van der Waals surface area contributed by atoms with E-state index in [0.717, 1.165) is 5.92 Å². The molecular weight excluding hydrogens is 136 g/mol. The third kappa shape index (κ3) is 3.06. The van der Waals surface area contributed by atoms with Crippen molar-refractivity contribution in [1.29, 1.82) is 0 Å². The third-order valence-corrected chi connectivity index (χ3v) is 2.70. The minimum Gasteiger partial charge on any atom is -0.412 e. The second-order valence-electron chi connectivity index (χ2n) is 3.37. The first-order valence-electron chi connectivity index (χ1n) is 4.47. The van der Waals surface area contributed by atoms with Crippen molar-refractivity contribution in [3.63, 3.8) is 0 Å². The minimum atomic E-state index is 0. The highest BCUT2D eigenvalue weighted by atomic mass is 16.0. The Hall–Kier alpha value is -0.300. The van der Waals surface area contributed by atoms with Crippen molar-refractivity contribution >= 4 is 0 Å². The standard InChI is InChI=1S/C10H18.H2O/c1-3-9(2)10-7-5-4-6-8-10;/h3,10H,4-8H2,1-2H3;1H2/b9-3-;. The van der Waals surface area contributed by atoms with Crippen LogP contribution in [0.3, 0.4) is 0 Å². The molecule has 0 aliphatic heterocycles. The Bertz CT molecular complexity index is 121. The van der Waals surface area contributed by atoms with Gasteiger partial charge >= 0.3 is 0 Å². The molecule has 1 aliphatic rings. The number of allylic oxidation sites excluding steroid dienone is 2. The first kappa shape index (κ1) is 10.7. The first-order valence-corrected chi connectivity index (χ1v) is 4.47. The largest absolute Gasteiger partial charge is 0.412 e. The average molecular weight is 156 g/mol. The molecule has 1 fully saturated rings. The van der Waals surface area contributed by atoms with E-state index >= 15 is 0 Å². The zero-order chi connectivity index (χ0) is 7.40. The fraction of sp³-hybridized carbons (Fsp3) is 0.800. The van der Waals surface area contributed by atoms with Crippen molar-refractivity contribution in [1.82, 2.24) is 0 Å². The number of hydrogen-bond acceptors (Lipinski definition) is 0. The quantitative estimate of drug-likeness (QED) is 0.523. The Morgan fingerprint density at radius 3 is 2.18 bits per heavy atom. The Balaban J connectivity index is 0.000001000. The molecule has 1 aliphatic carbocycles. The Morgan fingerprint density at radius 1 is 1.18 bits per heavy atom. The van der Waals surface area contributed by atoms with Crippen molar-refractivity contribution in [2.45, 2.75) is 46.0 Å². The molecule has 1 saturated carbocycles. The van der Waals surface area contributed by atoms with Crippen LogP contribution in [0.2, 0.25) is 0 Å². The van der Waals surface area contributed by atoms with Gasteiger partial charge in [-0.2, -0.15) is 0 Å². The summed E-state index contributed by atoms with van der Waals surface area (Å²) in [6.07, 6.45) is 9.53. The first-order chi connectivity index (χ1) is 4.84. The van der Waals surface area contributed by atoms with Crippen LogP contribution in [-0.4, -0.2) is 5.48 Å². The molecule has 0 spiro atoms. The second kappa shape index (κ2) is 5.36. The van der Waals surface area contributed by atoms with Crippen LogP contribution < -0.4 is 0 Å². The van der Waals surface area contributed by atoms with Gasteiger partial charge in [0, 0.05) is 0 Å². The fourth-order valence-corrected chi connectivity index (χ4v) is 1.79. The molecule has 0 aromatic carbocycles. The predicted molar refractivity (Wildman–Crippen MR) is 49.6 cm³/mol. The highest BCUT2D eigenvalue weighted by Gasteiger charge is 2.13. The minimum absolute atomic E-state index is 0. The SMILES string of the molecule is C/C=C(/C)C1CCCCC1.O. The maximum absolute atomic E-state index is 2.27. The summed E-state index contributed by atoms with van der Waals surface area (Å²) in [5.41, 5.74) is 1.61. The van der Waals surface area contributed by atoms with Gasteiger partial charge in [0.25, 0.3) is 0 Å². The van der Waals surface area contributed by atoms with Gasteiger partial charge < -0.3 is 5.48 Å². The average Bonchev–Trinajstić information content (AvgIpc) is 2.05. The van der Waals surface area contributed by atoms with Crippen LogP contribution in [0.5, 0.6) is 0 Å². The molecule has 0 amide bonds. The lowest BCUT2D eigenvalue weighted by Gasteiger charge is -2.21. The highest BCUT2D eigenvalue weighted by molar-refractivity contribution is 5.02. The van der Waals surface area contributed by atoms with E-state index in [1.807, 2.05) is 0 Å². The van der Waals surface area contributed by atoms with Gasteiger partial charge in [-0.3, -0.25) is 0 Å². The summed E-state index contributed by atoms with van der Waals surface area (Å²) in [6.45, 7) is 4.43. The van der Waals surface area contributed by atoms with E-state index in [0.29, 0.717) is 0 Å². The topological polar surface area (TPSA) is 31.5 Å². The lowest BCUT2D eigenvalue weighted by Crippen LogP contribution is -2.06. The van der Waals surface area contributed by atoms with E-state index in [-0.39, 0.29) is 5.48 Å². The second-order valence-corrected chi connectivity index (χ2v) is 3.37. The van der Waals surface area contributed by atoms with Crippen LogP contribution in [0.15, 0.2) is 11.6 Å². The van der Waals surface area contributed by atoms with Crippen LogP contribution in [0.4, 0.5) is 0 Å². The van der Waals surface area contributed by atoms with Crippen LogP contribution in [0, 0.1) is 5.92 Å². The maximum atomic E-state index is 2.27. The molecule has 1 nitrogen and oxygen atoms in total. The fourth-order valence-electron chi connectivity index (χ4n) is 1.79. The molecule has 1 rings (SSSR count). The summed E-state index contributed by atoms with van der Waals surface area (Å²) in [5.74, 6) is 0.929. The molecule has 11 heavy (non-hydrogen) atoms. The summed E-state index contributed by atoms with van der Waals surface area (Å²) in [7, 11) is 0. The van der Waals surface area contributed by atoms with Gasteiger partial charge in [-0.25, -0.2) is 0 Å². The van der Waals surface area contributed by atoms with E-state index in [9.17, 15) is 0 Å². The maximum Gasteiger partial charge on any atom is -0.0206 e. The third-order valence-electron chi connectivity index (χ3n) is 2.70. The highest BCUT2D eigenvalue weighted by Crippen LogP contribution is 2.28. The van der Waals surface area contributed by atoms with E-state index in [1.54, 1.807) is 5.57 Å². The van der Waals surface area contributed by atoms with Crippen molar-refractivity contribution in [2.24, 2.45) is 5.92 Å². The summed E-state index contributed by atoms with van der Waals surface area (Å²) < 4.78 is 0.